The van der Waals surface area contributed by atoms with Gasteiger partial charge in [0.25, 0.3) is 0 Å². The lowest BCUT2D eigenvalue weighted by Crippen LogP contribution is -2.43. The minimum Gasteiger partial charge on any atom is -0.312 e. The first-order valence-electron chi connectivity index (χ1n) is 8.71. The van der Waals surface area contributed by atoms with E-state index < -0.39 is 0 Å². The summed E-state index contributed by atoms with van der Waals surface area (Å²) >= 11 is 0. The molecule has 1 saturated heterocycles. The average Bonchev–Trinajstić information content (AvgIpc) is 2.65. The summed E-state index contributed by atoms with van der Waals surface area (Å²) in [6.07, 6.45) is 11.5. The molecule has 1 aliphatic heterocycles. The maximum atomic E-state index is 3.84. The molecule has 1 aliphatic carbocycles. The SMILES string of the molecule is CC(C)CCCN1CCCNC(C2CCCCC2)C1. The standard InChI is InChI=1S/C17H34N2/c1-15(2)8-6-12-19-13-7-11-18-17(14-19)16-9-4-3-5-10-16/h15-18H,3-14H2,1-2H3. The van der Waals surface area contributed by atoms with E-state index >= 15 is 0 Å². The van der Waals surface area contributed by atoms with Crippen LogP contribution in [0.5, 0.6) is 0 Å². The largest absolute Gasteiger partial charge is 0.312 e. The highest BCUT2D eigenvalue weighted by atomic mass is 15.2. The number of rotatable bonds is 5. The van der Waals surface area contributed by atoms with Gasteiger partial charge in [0, 0.05) is 12.6 Å². The van der Waals surface area contributed by atoms with Crippen LogP contribution in [0.2, 0.25) is 0 Å². The molecular formula is C17H34N2. The highest BCUT2D eigenvalue weighted by Crippen LogP contribution is 2.27. The quantitative estimate of drug-likeness (QED) is 0.817. The van der Waals surface area contributed by atoms with Crippen LogP contribution in [0.15, 0.2) is 0 Å². The molecule has 0 aromatic heterocycles. The molecule has 0 aromatic rings. The first kappa shape index (κ1) is 15.3. The molecule has 112 valence electrons. The molecule has 0 aromatic carbocycles. The lowest BCUT2D eigenvalue weighted by molar-refractivity contribution is 0.202. The molecule has 0 radical (unpaired) electrons. The lowest BCUT2D eigenvalue weighted by atomic mass is 9.83. The van der Waals surface area contributed by atoms with Crippen LogP contribution < -0.4 is 5.32 Å². The van der Waals surface area contributed by atoms with E-state index in [4.69, 9.17) is 0 Å². The van der Waals surface area contributed by atoms with Crippen LogP contribution in [-0.2, 0) is 0 Å². The molecule has 0 bridgehead atoms. The third kappa shape index (κ3) is 5.43. The molecule has 1 saturated carbocycles. The summed E-state index contributed by atoms with van der Waals surface area (Å²) in [6, 6.07) is 0.779. The van der Waals surface area contributed by atoms with Crippen molar-refractivity contribution in [2.24, 2.45) is 11.8 Å². The maximum Gasteiger partial charge on any atom is 0.0223 e. The molecule has 2 heteroatoms. The van der Waals surface area contributed by atoms with Gasteiger partial charge in [-0.25, -0.2) is 0 Å². The molecule has 1 N–H and O–H groups in total. The zero-order chi connectivity index (χ0) is 13.5. The van der Waals surface area contributed by atoms with Crippen LogP contribution in [0.4, 0.5) is 0 Å². The Bertz CT molecular complexity index is 233. The van der Waals surface area contributed by atoms with E-state index in [9.17, 15) is 0 Å². The Morgan fingerprint density at radius 2 is 1.89 bits per heavy atom. The normalized spacial score (nSPS) is 27.6. The second-order valence-electron chi connectivity index (χ2n) is 7.15. The summed E-state index contributed by atoms with van der Waals surface area (Å²) in [4.78, 5) is 2.74. The van der Waals surface area contributed by atoms with Crippen molar-refractivity contribution in [2.45, 2.75) is 71.3 Å². The molecule has 2 fully saturated rings. The Hall–Kier alpha value is -0.0800. The Labute approximate surface area is 120 Å². The van der Waals surface area contributed by atoms with Crippen LogP contribution >= 0.6 is 0 Å². The fourth-order valence-electron chi connectivity index (χ4n) is 3.80. The molecule has 1 heterocycles. The average molecular weight is 266 g/mol. The lowest BCUT2D eigenvalue weighted by Gasteiger charge is -2.33. The van der Waals surface area contributed by atoms with Crippen molar-refractivity contribution in [3.8, 4) is 0 Å². The van der Waals surface area contributed by atoms with Gasteiger partial charge in [-0.3, -0.25) is 0 Å². The van der Waals surface area contributed by atoms with Gasteiger partial charge in [0.1, 0.15) is 0 Å². The number of hydrogen-bond acceptors (Lipinski definition) is 2. The van der Waals surface area contributed by atoms with Crippen molar-refractivity contribution in [2.75, 3.05) is 26.2 Å². The minimum absolute atomic E-state index is 0.779. The van der Waals surface area contributed by atoms with Crippen molar-refractivity contribution < 1.29 is 0 Å². The zero-order valence-electron chi connectivity index (χ0n) is 13.2. The van der Waals surface area contributed by atoms with E-state index in [1.165, 1.54) is 77.5 Å². The van der Waals surface area contributed by atoms with Crippen LogP contribution in [0, 0.1) is 11.8 Å². The predicted octanol–water partition coefficient (Wildman–Crippen LogP) is 3.67. The van der Waals surface area contributed by atoms with Gasteiger partial charge < -0.3 is 10.2 Å². The first-order valence-corrected chi connectivity index (χ1v) is 8.71. The summed E-state index contributed by atoms with van der Waals surface area (Å²) in [5.41, 5.74) is 0. The van der Waals surface area contributed by atoms with E-state index in [-0.39, 0.29) is 0 Å². The highest BCUT2D eigenvalue weighted by molar-refractivity contribution is 4.84. The second kappa shape index (κ2) is 8.26. The Balaban J connectivity index is 1.76. The van der Waals surface area contributed by atoms with Gasteiger partial charge in [0.15, 0.2) is 0 Å². The highest BCUT2D eigenvalue weighted by Gasteiger charge is 2.26. The Morgan fingerprint density at radius 3 is 2.63 bits per heavy atom. The number of nitrogens with zero attached hydrogens (tertiary/aromatic N) is 1. The van der Waals surface area contributed by atoms with E-state index in [1.54, 1.807) is 0 Å². The molecule has 2 aliphatic rings. The topological polar surface area (TPSA) is 15.3 Å². The van der Waals surface area contributed by atoms with Crippen molar-refractivity contribution in [1.29, 1.82) is 0 Å². The predicted molar refractivity (Wildman–Crippen MR) is 83.5 cm³/mol. The van der Waals surface area contributed by atoms with Crippen LogP contribution in [0.1, 0.15) is 65.2 Å². The smallest absolute Gasteiger partial charge is 0.0223 e. The molecule has 0 amide bonds. The monoisotopic (exact) mass is 266 g/mol. The van der Waals surface area contributed by atoms with Gasteiger partial charge >= 0.3 is 0 Å². The minimum atomic E-state index is 0.779. The fraction of sp³-hybridized carbons (Fsp3) is 1.00. The Morgan fingerprint density at radius 1 is 1.11 bits per heavy atom. The summed E-state index contributed by atoms with van der Waals surface area (Å²) in [5, 5.41) is 3.84. The summed E-state index contributed by atoms with van der Waals surface area (Å²) in [7, 11) is 0. The van der Waals surface area contributed by atoms with Gasteiger partial charge in [0.2, 0.25) is 0 Å². The summed E-state index contributed by atoms with van der Waals surface area (Å²) < 4.78 is 0. The van der Waals surface area contributed by atoms with Gasteiger partial charge in [-0.2, -0.15) is 0 Å². The summed E-state index contributed by atoms with van der Waals surface area (Å²) in [5.74, 6) is 1.82. The Kier molecular flexibility index (Phi) is 6.66. The van der Waals surface area contributed by atoms with Crippen LogP contribution in [-0.4, -0.2) is 37.1 Å². The van der Waals surface area contributed by atoms with E-state index in [0.717, 1.165) is 17.9 Å². The molecule has 0 spiro atoms. The fourth-order valence-corrected chi connectivity index (χ4v) is 3.80. The van der Waals surface area contributed by atoms with Crippen molar-refractivity contribution >= 4 is 0 Å². The molecule has 19 heavy (non-hydrogen) atoms. The van der Waals surface area contributed by atoms with Gasteiger partial charge in [-0.1, -0.05) is 33.1 Å². The third-order valence-corrected chi connectivity index (χ3v) is 4.99. The summed E-state index contributed by atoms with van der Waals surface area (Å²) in [6.45, 7) is 9.87. The number of hydrogen-bond donors (Lipinski definition) is 1. The van der Waals surface area contributed by atoms with Gasteiger partial charge in [0.05, 0.1) is 0 Å². The van der Waals surface area contributed by atoms with Crippen molar-refractivity contribution in [1.82, 2.24) is 10.2 Å². The van der Waals surface area contributed by atoms with Gasteiger partial charge in [-0.05, 0) is 63.6 Å². The van der Waals surface area contributed by atoms with E-state index in [0.29, 0.717) is 0 Å². The molecule has 1 unspecified atom stereocenters. The zero-order valence-corrected chi connectivity index (χ0v) is 13.2. The van der Waals surface area contributed by atoms with E-state index in [2.05, 4.69) is 24.1 Å². The van der Waals surface area contributed by atoms with E-state index in [1.807, 2.05) is 0 Å². The third-order valence-electron chi connectivity index (χ3n) is 4.99. The number of nitrogens with one attached hydrogen (secondary N) is 1. The molecule has 2 rings (SSSR count). The molecule has 1 atom stereocenters. The van der Waals surface area contributed by atoms with Crippen molar-refractivity contribution in [3.63, 3.8) is 0 Å². The molecular weight excluding hydrogens is 232 g/mol. The maximum absolute atomic E-state index is 3.84. The van der Waals surface area contributed by atoms with Gasteiger partial charge in [-0.15, -0.1) is 0 Å². The van der Waals surface area contributed by atoms with Crippen LogP contribution in [0.25, 0.3) is 0 Å². The molecule has 2 nitrogen and oxygen atoms in total. The second-order valence-corrected chi connectivity index (χ2v) is 7.15. The van der Waals surface area contributed by atoms with Crippen molar-refractivity contribution in [3.05, 3.63) is 0 Å². The first-order chi connectivity index (χ1) is 9.25. The van der Waals surface area contributed by atoms with Crippen LogP contribution in [0.3, 0.4) is 0 Å².